The van der Waals surface area contributed by atoms with Crippen LogP contribution in [0.1, 0.15) is 46.7 Å². The molecule has 1 saturated heterocycles. The van der Waals surface area contributed by atoms with Gasteiger partial charge in [-0.25, -0.2) is 4.98 Å². The largest absolute Gasteiger partial charge is 0.491 e. The highest BCUT2D eigenvalue weighted by Gasteiger charge is 2.42. The Kier molecular flexibility index (Phi) is 7.02. The predicted molar refractivity (Wildman–Crippen MR) is 111 cm³/mol. The van der Waals surface area contributed by atoms with E-state index in [9.17, 15) is 0 Å². The summed E-state index contributed by atoms with van der Waals surface area (Å²) < 4.78 is 23.8. The summed E-state index contributed by atoms with van der Waals surface area (Å²) in [6.07, 6.45) is 0.849. The van der Waals surface area contributed by atoms with Crippen LogP contribution in [0.2, 0.25) is 23.3 Å². The molecule has 0 aromatic carbocycles. The minimum Gasteiger partial charge on any atom is -0.491 e. The maximum atomic E-state index is 6.36. The summed E-state index contributed by atoms with van der Waals surface area (Å²) >= 11 is 6.25. The van der Waals surface area contributed by atoms with E-state index in [0.29, 0.717) is 24.1 Å². The van der Waals surface area contributed by atoms with Crippen LogP contribution in [0.3, 0.4) is 0 Å². The smallest absolute Gasteiger partial charge is 0.192 e. The second kappa shape index (κ2) is 8.37. The van der Waals surface area contributed by atoms with Crippen molar-refractivity contribution in [3.63, 3.8) is 0 Å². The van der Waals surface area contributed by atoms with Crippen molar-refractivity contribution in [2.75, 3.05) is 20.3 Å². The fourth-order valence-corrected chi connectivity index (χ4v) is 4.63. The average molecular weight is 416 g/mol. The van der Waals surface area contributed by atoms with Crippen molar-refractivity contribution in [3.8, 4) is 5.75 Å². The molecule has 0 amide bonds. The molecule has 1 fully saturated rings. The fraction of sp³-hybridized carbons (Fsp3) is 0.750. The molecule has 1 aliphatic heterocycles. The molecule has 2 heterocycles. The van der Waals surface area contributed by atoms with E-state index in [4.69, 9.17) is 30.2 Å². The second-order valence-electron chi connectivity index (χ2n) is 9.03. The molecule has 2 rings (SSSR count). The Morgan fingerprint density at radius 2 is 2.04 bits per heavy atom. The van der Waals surface area contributed by atoms with Gasteiger partial charge in [0.25, 0.3) is 0 Å². The van der Waals surface area contributed by atoms with Crippen molar-refractivity contribution in [2.45, 2.75) is 77.0 Å². The molecule has 0 aliphatic carbocycles. The Hall–Kier alpha value is -0.663. The maximum Gasteiger partial charge on any atom is 0.192 e. The van der Waals surface area contributed by atoms with Gasteiger partial charge in [0.1, 0.15) is 23.1 Å². The molecule has 27 heavy (non-hydrogen) atoms. The first-order chi connectivity index (χ1) is 12.4. The van der Waals surface area contributed by atoms with E-state index in [1.54, 1.807) is 13.2 Å². The van der Waals surface area contributed by atoms with Gasteiger partial charge in [-0.15, -0.1) is 0 Å². The van der Waals surface area contributed by atoms with Gasteiger partial charge >= 0.3 is 0 Å². The summed E-state index contributed by atoms with van der Waals surface area (Å²) in [7, 11) is -0.149. The zero-order valence-electron chi connectivity index (χ0n) is 17.9. The Morgan fingerprint density at radius 1 is 1.37 bits per heavy atom. The van der Waals surface area contributed by atoms with E-state index in [0.717, 1.165) is 12.1 Å². The van der Waals surface area contributed by atoms with Crippen molar-refractivity contribution in [2.24, 2.45) is 0 Å². The number of rotatable bonds is 7. The van der Waals surface area contributed by atoms with Gasteiger partial charge in [-0.3, -0.25) is 0 Å². The van der Waals surface area contributed by atoms with Gasteiger partial charge < -0.3 is 18.6 Å². The summed E-state index contributed by atoms with van der Waals surface area (Å²) in [6, 6.07) is 3.63. The lowest BCUT2D eigenvalue weighted by Gasteiger charge is -2.38. The number of pyridine rings is 1. The number of halogens is 1. The molecule has 3 atom stereocenters. The Labute approximate surface area is 169 Å². The van der Waals surface area contributed by atoms with Gasteiger partial charge in [-0.1, -0.05) is 32.4 Å². The molecule has 0 radical (unpaired) electrons. The van der Waals surface area contributed by atoms with E-state index in [-0.39, 0.29) is 17.2 Å². The van der Waals surface area contributed by atoms with Gasteiger partial charge in [0, 0.05) is 25.7 Å². The molecule has 154 valence electrons. The number of methoxy groups -OCH3 is 1. The summed E-state index contributed by atoms with van der Waals surface area (Å²) in [6.45, 7) is 16.2. The average Bonchev–Trinajstić information content (AvgIpc) is 2.93. The Balaban J connectivity index is 2.09. The SMILES string of the molecule is CO[C@]1(c2cc(OCC(C)O[Si](C)(C)C(C)(C)C)cc(Cl)n2)CO[C@@H](C)C1. The highest BCUT2D eigenvalue weighted by atomic mass is 35.5. The van der Waals surface area contributed by atoms with E-state index in [1.165, 1.54) is 0 Å². The third-order valence-corrected chi connectivity index (χ3v) is 10.4. The van der Waals surface area contributed by atoms with Crippen LogP contribution in [0.25, 0.3) is 0 Å². The summed E-state index contributed by atoms with van der Waals surface area (Å²) in [5.74, 6) is 0.673. The molecule has 1 aromatic rings. The standard InChI is InChI=1S/C20H34ClNO4Si/c1-14-11-20(23-6,13-25-14)17-9-16(10-18(21)22-17)24-12-15(2)26-27(7,8)19(3,4)5/h9-10,14-15H,11-13H2,1-8H3/t14-,15?,20-/m0/s1. The van der Waals surface area contributed by atoms with Crippen LogP contribution in [0, 0.1) is 0 Å². The van der Waals surface area contributed by atoms with Crippen LogP contribution in [0.5, 0.6) is 5.75 Å². The van der Waals surface area contributed by atoms with Crippen LogP contribution >= 0.6 is 11.6 Å². The molecule has 0 spiro atoms. The van der Waals surface area contributed by atoms with E-state index >= 15 is 0 Å². The molecule has 1 aromatic heterocycles. The van der Waals surface area contributed by atoms with Crippen LogP contribution in [-0.2, 0) is 19.5 Å². The minimum atomic E-state index is -1.83. The molecule has 1 unspecified atom stereocenters. The molecule has 5 nitrogen and oxygen atoms in total. The first kappa shape index (κ1) is 22.6. The summed E-state index contributed by atoms with van der Waals surface area (Å²) in [5, 5.41) is 0.551. The van der Waals surface area contributed by atoms with Gasteiger partial charge in [-0.05, 0) is 32.0 Å². The third kappa shape index (κ3) is 5.45. The van der Waals surface area contributed by atoms with Crippen molar-refractivity contribution in [3.05, 3.63) is 23.0 Å². The summed E-state index contributed by atoms with van der Waals surface area (Å²) in [5.41, 5.74) is 0.168. The molecular weight excluding hydrogens is 382 g/mol. The Bertz CT molecular complexity index is 649. The van der Waals surface area contributed by atoms with Crippen molar-refractivity contribution < 1.29 is 18.6 Å². The third-order valence-electron chi connectivity index (χ3n) is 5.63. The predicted octanol–water partition coefficient (Wildman–Crippen LogP) is 5.17. The maximum absolute atomic E-state index is 6.36. The van der Waals surface area contributed by atoms with Crippen LogP contribution in [-0.4, -0.2) is 45.8 Å². The number of ether oxygens (including phenoxy) is 3. The van der Waals surface area contributed by atoms with Crippen LogP contribution < -0.4 is 4.74 Å². The minimum absolute atomic E-state index is 0.00694. The quantitative estimate of drug-likeness (QED) is 0.454. The highest BCUT2D eigenvalue weighted by Crippen LogP contribution is 2.39. The fourth-order valence-electron chi connectivity index (χ4n) is 3.00. The van der Waals surface area contributed by atoms with Gasteiger partial charge in [0.05, 0.1) is 24.5 Å². The second-order valence-corrected chi connectivity index (χ2v) is 14.2. The zero-order chi connectivity index (χ0) is 20.5. The first-order valence-electron chi connectivity index (χ1n) is 9.54. The molecule has 7 heteroatoms. The number of hydrogen-bond donors (Lipinski definition) is 0. The first-order valence-corrected chi connectivity index (χ1v) is 12.8. The number of hydrogen-bond acceptors (Lipinski definition) is 5. The topological polar surface area (TPSA) is 49.8 Å². The van der Waals surface area contributed by atoms with Gasteiger partial charge in [0.15, 0.2) is 8.32 Å². The van der Waals surface area contributed by atoms with Crippen molar-refractivity contribution in [1.82, 2.24) is 4.98 Å². The molecule has 0 bridgehead atoms. The number of nitrogens with zero attached hydrogens (tertiary/aromatic N) is 1. The highest BCUT2D eigenvalue weighted by molar-refractivity contribution is 6.74. The normalized spacial score (nSPS) is 24.9. The van der Waals surface area contributed by atoms with E-state index in [1.807, 2.05) is 19.9 Å². The monoisotopic (exact) mass is 415 g/mol. The molecular formula is C20H34ClNO4Si. The Morgan fingerprint density at radius 3 is 2.56 bits per heavy atom. The zero-order valence-corrected chi connectivity index (χ0v) is 19.6. The number of aromatic nitrogens is 1. The van der Waals surface area contributed by atoms with Crippen LogP contribution in [0.15, 0.2) is 12.1 Å². The molecule has 0 N–H and O–H groups in total. The van der Waals surface area contributed by atoms with E-state index in [2.05, 4.69) is 38.8 Å². The lowest BCUT2D eigenvalue weighted by atomic mass is 9.95. The van der Waals surface area contributed by atoms with Gasteiger partial charge in [0.2, 0.25) is 0 Å². The van der Waals surface area contributed by atoms with Crippen LogP contribution in [0.4, 0.5) is 0 Å². The lowest BCUT2D eigenvalue weighted by molar-refractivity contribution is -0.0259. The van der Waals surface area contributed by atoms with Crippen molar-refractivity contribution >= 4 is 19.9 Å². The summed E-state index contributed by atoms with van der Waals surface area (Å²) in [4.78, 5) is 4.47. The van der Waals surface area contributed by atoms with E-state index < -0.39 is 13.9 Å². The lowest BCUT2D eigenvalue weighted by Crippen LogP contribution is -2.44. The molecule has 0 saturated carbocycles. The van der Waals surface area contributed by atoms with Gasteiger partial charge in [-0.2, -0.15) is 0 Å². The molecule has 1 aliphatic rings. The van der Waals surface area contributed by atoms with Crippen molar-refractivity contribution in [1.29, 1.82) is 0 Å².